The Morgan fingerprint density at radius 3 is 2.38 bits per heavy atom. The average Bonchev–Trinajstić information content (AvgIpc) is 3.07. The van der Waals surface area contributed by atoms with Gasteiger partial charge in [0.2, 0.25) is 0 Å². The second-order valence-electron chi connectivity index (χ2n) is 7.63. The number of nitrogens with one attached hydrogen (secondary N) is 2. The lowest BCUT2D eigenvalue weighted by molar-refractivity contribution is -0.00945. The van der Waals surface area contributed by atoms with Gasteiger partial charge in [0.25, 0.3) is 5.56 Å². The Hall–Kier alpha value is -1.89. The van der Waals surface area contributed by atoms with Crippen LogP contribution in [0.4, 0.5) is 0 Å². The number of imidazole rings is 1. The molecule has 2 bridgehead atoms. The second kappa shape index (κ2) is 5.31. The van der Waals surface area contributed by atoms with Gasteiger partial charge in [0.15, 0.2) is 5.65 Å². The lowest BCUT2D eigenvalue weighted by atomic mass is 9.54. The predicted molar refractivity (Wildman–Crippen MR) is 90.2 cm³/mol. The highest BCUT2D eigenvalue weighted by molar-refractivity contribution is 5.70. The van der Waals surface area contributed by atoms with Gasteiger partial charge in [-0.1, -0.05) is 6.92 Å². The molecule has 3 aliphatic carbocycles. The molecule has 0 unspecified atom stereocenters. The van der Waals surface area contributed by atoms with E-state index >= 15 is 0 Å². The lowest BCUT2D eigenvalue weighted by Crippen LogP contribution is -2.46. The molecule has 24 heavy (non-hydrogen) atoms. The number of fused-ring (bicyclic) bond motifs is 4. The van der Waals surface area contributed by atoms with Crippen LogP contribution in [0, 0.1) is 5.41 Å². The average molecular weight is 332 g/mol. The zero-order valence-corrected chi connectivity index (χ0v) is 14.0. The normalized spacial score (nSPS) is 29.4. The molecule has 0 spiro atoms. The van der Waals surface area contributed by atoms with E-state index in [2.05, 4.69) is 9.97 Å². The first-order valence-corrected chi connectivity index (χ1v) is 8.87. The molecule has 3 N–H and O–H groups in total. The molecule has 2 aromatic heterocycles. The van der Waals surface area contributed by atoms with Crippen molar-refractivity contribution in [2.45, 2.75) is 63.8 Å². The van der Waals surface area contributed by atoms with Crippen LogP contribution in [-0.4, -0.2) is 31.2 Å². The molecule has 0 radical (unpaired) electrons. The van der Waals surface area contributed by atoms with Gasteiger partial charge >= 0.3 is 5.69 Å². The number of nitrogens with zero attached hydrogens (tertiary/aromatic N) is 2. The number of hydrogen-bond donors (Lipinski definition) is 3. The van der Waals surface area contributed by atoms with Crippen LogP contribution in [0.1, 0.15) is 57.7 Å². The van der Waals surface area contributed by atoms with Crippen LogP contribution in [0.25, 0.3) is 11.2 Å². The Bertz CT molecular complexity index is 867. The number of rotatable bonds is 4. The summed E-state index contributed by atoms with van der Waals surface area (Å²) in [5.41, 5.74) is 0.132. The summed E-state index contributed by atoms with van der Waals surface area (Å²) in [5, 5.41) is 9.69. The van der Waals surface area contributed by atoms with Gasteiger partial charge in [-0.15, -0.1) is 0 Å². The number of aryl methyl sites for hydroxylation is 1. The van der Waals surface area contributed by atoms with Gasteiger partial charge in [-0.25, -0.2) is 9.78 Å². The van der Waals surface area contributed by atoms with Gasteiger partial charge in [0.1, 0.15) is 11.3 Å². The Labute approximate surface area is 139 Å². The standard InChI is InChI=1S/C17H24N4O3/c1-2-9-21-12-11(13(23)20-15(21)24)18-14(19-12)17-6-3-16(10-22,4-7-17)5-8-17/h22H,2-10H2,1H3,(H,18,19)(H,20,23,24). The summed E-state index contributed by atoms with van der Waals surface area (Å²) in [7, 11) is 0. The first kappa shape index (κ1) is 15.6. The minimum Gasteiger partial charge on any atom is -0.396 e. The molecule has 2 heterocycles. The van der Waals surface area contributed by atoms with Crippen LogP contribution in [0.2, 0.25) is 0 Å². The number of aromatic amines is 2. The zero-order valence-electron chi connectivity index (χ0n) is 14.0. The summed E-state index contributed by atoms with van der Waals surface area (Å²) in [5.74, 6) is 0.838. The second-order valence-corrected chi connectivity index (χ2v) is 7.63. The molecule has 130 valence electrons. The van der Waals surface area contributed by atoms with Crippen molar-refractivity contribution >= 4 is 11.2 Å². The molecular weight excluding hydrogens is 308 g/mol. The molecule has 0 aromatic carbocycles. The third-order valence-electron chi connectivity index (χ3n) is 6.32. The number of aliphatic hydroxyl groups excluding tert-OH is 1. The summed E-state index contributed by atoms with van der Waals surface area (Å²) < 4.78 is 1.55. The number of aromatic nitrogens is 4. The third-order valence-corrected chi connectivity index (χ3v) is 6.32. The molecule has 0 aliphatic heterocycles. The van der Waals surface area contributed by atoms with E-state index in [4.69, 9.17) is 4.98 Å². The number of aliphatic hydroxyl groups is 1. The first-order chi connectivity index (χ1) is 11.5. The van der Waals surface area contributed by atoms with Crippen molar-refractivity contribution in [2.75, 3.05) is 6.61 Å². The zero-order chi connectivity index (χ0) is 16.9. The molecule has 3 saturated carbocycles. The van der Waals surface area contributed by atoms with E-state index < -0.39 is 11.2 Å². The summed E-state index contributed by atoms with van der Waals surface area (Å²) in [6.07, 6.45) is 6.72. The van der Waals surface area contributed by atoms with Gasteiger partial charge in [-0.3, -0.25) is 14.3 Å². The lowest BCUT2D eigenvalue weighted by Gasteiger charge is -2.51. The van der Waals surface area contributed by atoms with Crippen molar-refractivity contribution in [1.29, 1.82) is 0 Å². The third kappa shape index (κ3) is 2.10. The molecule has 7 nitrogen and oxygen atoms in total. The molecule has 0 atom stereocenters. The van der Waals surface area contributed by atoms with Gasteiger partial charge in [-0.05, 0) is 50.4 Å². The number of hydrogen-bond acceptors (Lipinski definition) is 4. The minimum absolute atomic E-state index is 0.0462. The van der Waals surface area contributed by atoms with Crippen LogP contribution in [0.3, 0.4) is 0 Å². The maximum absolute atomic E-state index is 12.2. The minimum atomic E-state index is -0.395. The van der Waals surface area contributed by atoms with Crippen molar-refractivity contribution in [3.8, 4) is 0 Å². The monoisotopic (exact) mass is 332 g/mol. The summed E-state index contributed by atoms with van der Waals surface area (Å²) in [4.78, 5) is 34.6. The summed E-state index contributed by atoms with van der Waals surface area (Å²) in [6.45, 7) is 2.79. The molecule has 0 amide bonds. The quantitative estimate of drug-likeness (QED) is 0.787. The van der Waals surface area contributed by atoms with E-state index in [1.54, 1.807) is 4.57 Å². The van der Waals surface area contributed by atoms with Crippen LogP contribution >= 0.6 is 0 Å². The number of H-pyrrole nitrogens is 2. The topological polar surface area (TPSA) is 104 Å². The highest BCUT2D eigenvalue weighted by Crippen LogP contribution is 2.56. The van der Waals surface area contributed by atoms with Gasteiger partial charge in [-0.2, -0.15) is 0 Å². The molecule has 5 rings (SSSR count). The Morgan fingerprint density at radius 2 is 1.79 bits per heavy atom. The van der Waals surface area contributed by atoms with Gasteiger partial charge in [0, 0.05) is 18.6 Å². The molecule has 0 saturated heterocycles. The van der Waals surface area contributed by atoms with Crippen molar-refractivity contribution in [1.82, 2.24) is 19.5 Å². The van der Waals surface area contributed by atoms with Crippen LogP contribution in [0.5, 0.6) is 0 Å². The van der Waals surface area contributed by atoms with E-state index in [9.17, 15) is 14.7 Å². The predicted octanol–water partition coefficient (Wildman–Crippen LogP) is 1.41. The van der Waals surface area contributed by atoms with E-state index in [0.717, 1.165) is 50.8 Å². The van der Waals surface area contributed by atoms with Gasteiger partial charge in [0.05, 0.1) is 0 Å². The molecule has 7 heteroatoms. The van der Waals surface area contributed by atoms with Crippen LogP contribution < -0.4 is 11.2 Å². The van der Waals surface area contributed by atoms with Crippen molar-refractivity contribution < 1.29 is 5.11 Å². The highest BCUT2D eigenvalue weighted by atomic mass is 16.3. The Morgan fingerprint density at radius 1 is 1.12 bits per heavy atom. The summed E-state index contributed by atoms with van der Waals surface area (Å²) >= 11 is 0. The largest absolute Gasteiger partial charge is 0.396 e. The maximum atomic E-state index is 12.2. The van der Waals surface area contributed by atoms with E-state index in [0.29, 0.717) is 17.7 Å². The Balaban J connectivity index is 1.82. The first-order valence-electron chi connectivity index (χ1n) is 8.87. The molecule has 3 fully saturated rings. The van der Waals surface area contributed by atoms with Gasteiger partial charge < -0.3 is 10.1 Å². The smallest absolute Gasteiger partial charge is 0.330 e. The van der Waals surface area contributed by atoms with E-state index in [1.165, 1.54) is 0 Å². The van der Waals surface area contributed by atoms with Crippen molar-refractivity contribution in [2.24, 2.45) is 5.41 Å². The molecular formula is C17H24N4O3. The fraction of sp³-hybridized carbons (Fsp3) is 0.706. The maximum Gasteiger partial charge on any atom is 0.330 e. The molecule has 3 aliphatic rings. The Kier molecular flexibility index (Phi) is 3.46. The van der Waals surface area contributed by atoms with Crippen molar-refractivity contribution in [3.63, 3.8) is 0 Å². The fourth-order valence-corrected chi connectivity index (χ4v) is 4.58. The fourth-order valence-electron chi connectivity index (χ4n) is 4.58. The summed E-state index contributed by atoms with van der Waals surface area (Å²) in [6, 6.07) is 0. The highest BCUT2D eigenvalue weighted by Gasteiger charge is 2.50. The van der Waals surface area contributed by atoms with Crippen LogP contribution in [0.15, 0.2) is 9.59 Å². The van der Waals surface area contributed by atoms with Crippen molar-refractivity contribution in [3.05, 3.63) is 26.7 Å². The molecule has 2 aromatic rings. The van der Waals surface area contributed by atoms with E-state index in [-0.39, 0.29) is 17.4 Å². The SMILES string of the molecule is CCCn1c(=O)[nH]c(=O)c2[nH]c(C34CCC(CO)(CC3)CC4)nc21. The van der Waals surface area contributed by atoms with Crippen LogP contribution in [-0.2, 0) is 12.0 Å². The van der Waals surface area contributed by atoms with E-state index in [1.807, 2.05) is 6.92 Å².